The molecule has 0 saturated heterocycles. The molecule has 1 atom stereocenters. The first-order valence-electron chi connectivity index (χ1n) is 5.82. The molecule has 0 saturated carbocycles. The van der Waals surface area contributed by atoms with Crippen molar-refractivity contribution in [2.75, 3.05) is 13.7 Å². The average molecular weight is 267 g/mol. The Kier molecular flexibility index (Phi) is 4.46. The molecule has 2 rings (SSSR count). The summed E-state index contributed by atoms with van der Waals surface area (Å²) < 4.78 is 7.07. The Balaban J connectivity index is 2.01. The molecule has 5 nitrogen and oxygen atoms in total. The molecule has 0 aliphatic rings. The van der Waals surface area contributed by atoms with Gasteiger partial charge in [-0.15, -0.1) is 11.3 Å². The van der Waals surface area contributed by atoms with Gasteiger partial charge in [0.15, 0.2) is 0 Å². The van der Waals surface area contributed by atoms with Gasteiger partial charge in [0.25, 0.3) is 0 Å². The highest BCUT2D eigenvalue weighted by atomic mass is 32.1. The molecule has 18 heavy (non-hydrogen) atoms. The fourth-order valence-corrected chi connectivity index (χ4v) is 2.44. The van der Waals surface area contributed by atoms with Gasteiger partial charge in [0, 0.05) is 25.3 Å². The van der Waals surface area contributed by atoms with Gasteiger partial charge < -0.3 is 9.84 Å². The van der Waals surface area contributed by atoms with Crippen molar-refractivity contribution in [2.45, 2.75) is 26.0 Å². The molecule has 6 heteroatoms. The van der Waals surface area contributed by atoms with Crippen LogP contribution < -0.4 is 0 Å². The highest BCUT2D eigenvalue weighted by molar-refractivity contribution is 7.09. The molecule has 98 valence electrons. The third kappa shape index (κ3) is 3.16. The fourth-order valence-electron chi connectivity index (χ4n) is 1.60. The van der Waals surface area contributed by atoms with Crippen LogP contribution in [0.2, 0.25) is 0 Å². The van der Waals surface area contributed by atoms with E-state index < -0.39 is 0 Å². The van der Waals surface area contributed by atoms with Crippen LogP contribution in [0.3, 0.4) is 0 Å². The lowest BCUT2D eigenvalue weighted by Gasteiger charge is -2.03. The molecule has 0 unspecified atom stereocenters. The molecule has 2 aromatic rings. The minimum Gasteiger partial charge on any atom is -0.396 e. The number of rotatable bonds is 6. The minimum atomic E-state index is 0.0336. The number of thiazole rings is 1. The lowest BCUT2D eigenvalue weighted by molar-refractivity contribution is 0.119. The van der Waals surface area contributed by atoms with Gasteiger partial charge in [-0.05, 0) is 18.9 Å². The molecule has 0 bridgehead atoms. The molecule has 0 radical (unpaired) electrons. The lowest BCUT2D eigenvalue weighted by atomic mass is 10.3. The summed E-state index contributed by atoms with van der Waals surface area (Å²) in [6.45, 7) is 2.78. The smallest absolute Gasteiger partial charge is 0.122 e. The monoisotopic (exact) mass is 267 g/mol. The van der Waals surface area contributed by atoms with Gasteiger partial charge in [-0.25, -0.2) is 4.98 Å². The molecule has 0 aliphatic heterocycles. The zero-order valence-electron chi connectivity index (χ0n) is 10.5. The molecule has 0 aromatic carbocycles. The predicted molar refractivity (Wildman–Crippen MR) is 69.7 cm³/mol. The van der Waals surface area contributed by atoms with Crippen molar-refractivity contribution >= 4 is 11.3 Å². The Morgan fingerprint density at radius 1 is 1.56 bits per heavy atom. The lowest BCUT2D eigenvalue weighted by Crippen LogP contribution is -2.01. The molecule has 0 aliphatic carbocycles. The predicted octanol–water partition coefficient (Wildman–Crippen LogP) is 1.63. The molecular weight excluding hydrogens is 250 g/mol. The van der Waals surface area contributed by atoms with Crippen molar-refractivity contribution < 1.29 is 9.84 Å². The average Bonchev–Trinajstić information content (AvgIpc) is 2.99. The van der Waals surface area contributed by atoms with Crippen molar-refractivity contribution in [2.24, 2.45) is 0 Å². The molecule has 2 heterocycles. The van der Waals surface area contributed by atoms with E-state index in [0.717, 1.165) is 16.3 Å². The summed E-state index contributed by atoms with van der Waals surface area (Å²) in [6, 6.07) is 0. The van der Waals surface area contributed by atoms with Gasteiger partial charge in [-0.1, -0.05) is 0 Å². The van der Waals surface area contributed by atoms with E-state index in [9.17, 15) is 0 Å². The van der Waals surface area contributed by atoms with Crippen LogP contribution in [0.5, 0.6) is 0 Å². The zero-order valence-corrected chi connectivity index (χ0v) is 11.4. The number of aliphatic hydroxyl groups excluding tert-OH is 1. The van der Waals surface area contributed by atoms with E-state index in [4.69, 9.17) is 9.84 Å². The second-order valence-electron chi connectivity index (χ2n) is 4.07. The van der Waals surface area contributed by atoms with Crippen molar-refractivity contribution in [3.63, 3.8) is 0 Å². The second-order valence-corrected chi connectivity index (χ2v) is 4.96. The maximum absolute atomic E-state index is 8.85. The Labute approximate surface area is 110 Å². The number of nitrogens with zero attached hydrogens (tertiary/aromatic N) is 3. The van der Waals surface area contributed by atoms with Crippen LogP contribution in [0.15, 0.2) is 17.8 Å². The molecule has 0 amide bonds. The maximum Gasteiger partial charge on any atom is 0.122 e. The van der Waals surface area contributed by atoms with E-state index in [2.05, 4.69) is 10.1 Å². The highest BCUT2D eigenvalue weighted by Gasteiger charge is 2.09. The van der Waals surface area contributed by atoms with E-state index in [1.165, 1.54) is 0 Å². The summed E-state index contributed by atoms with van der Waals surface area (Å²) in [4.78, 5) is 4.51. The third-order valence-corrected chi connectivity index (χ3v) is 3.74. The summed E-state index contributed by atoms with van der Waals surface area (Å²) in [6.07, 6.45) is 4.39. The highest BCUT2D eigenvalue weighted by Crippen LogP contribution is 2.20. The summed E-state index contributed by atoms with van der Waals surface area (Å²) in [5.41, 5.74) is 2.02. The first-order valence-corrected chi connectivity index (χ1v) is 6.70. The minimum absolute atomic E-state index is 0.0336. The molecule has 2 aromatic heterocycles. The number of ether oxygens (including phenoxy) is 1. The van der Waals surface area contributed by atoms with Gasteiger partial charge in [0.2, 0.25) is 0 Å². The molecule has 1 N–H and O–H groups in total. The number of aliphatic hydroxyl groups is 1. The third-order valence-electron chi connectivity index (χ3n) is 2.68. The Morgan fingerprint density at radius 2 is 2.39 bits per heavy atom. The zero-order chi connectivity index (χ0) is 13.0. The van der Waals surface area contributed by atoms with Crippen molar-refractivity contribution in [3.8, 4) is 0 Å². The van der Waals surface area contributed by atoms with Crippen molar-refractivity contribution in [3.05, 3.63) is 34.0 Å². The summed E-state index contributed by atoms with van der Waals surface area (Å²) in [5.74, 6) is 0. The first kappa shape index (κ1) is 13.2. The van der Waals surface area contributed by atoms with Gasteiger partial charge in [0.1, 0.15) is 11.1 Å². The summed E-state index contributed by atoms with van der Waals surface area (Å²) in [7, 11) is 1.68. The number of hydrogen-bond acceptors (Lipinski definition) is 5. The topological polar surface area (TPSA) is 60.2 Å². The normalized spacial score (nSPS) is 12.8. The Hall–Kier alpha value is -1.24. The summed E-state index contributed by atoms with van der Waals surface area (Å²) in [5, 5.41) is 16.1. The standard InChI is InChI=1S/C12H17N3O2S/c1-9(17-2)12-14-11(8-18-12)7-15-6-10(3-4-16)5-13-15/h5-6,8-9,16H,3-4,7H2,1-2H3/t9-/m0/s1. The maximum atomic E-state index is 8.85. The number of aromatic nitrogens is 3. The van der Waals surface area contributed by atoms with E-state index in [0.29, 0.717) is 13.0 Å². The van der Waals surface area contributed by atoms with Gasteiger partial charge in [-0.2, -0.15) is 5.10 Å². The SMILES string of the molecule is CO[C@@H](C)c1nc(Cn2cc(CCO)cn2)cs1. The van der Waals surface area contributed by atoms with Gasteiger partial charge in [-0.3, -0.25) is 4.68 Å². The molecular formula is C12H17N3O2S. The van der Waals surface area contributed by atoms with E-state index in [1.807, 2.05) is 23.2 Å². The van der Waals surface area contributed by atoms with E-state index >= 15 is 0 Å². The van der Waals surface area contributed by atoms with Crippen LogP contribution in [-0.2, 0) is 17.7 Å². The van der Waals surface area contributed by atoms with Crippen LogP contribution in [0, 0.1) is 0 Å². The van der Waals surface area contributed by atoms with E-state index in [-0.39, 0.29) is 12.7 Å². The largest absolute Gasteiger partial charge is 0.396 e. The van der Waals surface area contributed by atoms with Crippen molar-refractivity contribution in [1.82, 2.24) is 14.8 Å². The quantitative estimate of drug-likeness (QED) is 0.864. The van der Waals surface area contributed by atoms with Crippen LogP contribution in [-0.4, -0.2) is 33.6 Å². The van der Waals surface area contributed by atoms with Crippen LogP contribution in [0.4, 0.5) is 0 Å². The Morgan fingerprint density at radius 3 is 3.11 bits per heavy atom. The van der Waals surface area contributed by atoms with Crippen LogP contribution in [0.1, 0.15) is 29.3 Å². The first-order chi connectivity index (χ1) is 8.72. The molecule has 0 spiro atoms. The number of hydrogen-bond donors (Lipinski definition) is 1. The second kappa shape index (κ2) is 6.08. The number of methoxy groups -OCH3 is 1. The molecule has 0 fully saturated rings. The van der Waals surface area contributed by atoms with Crippen LogP contribution in [0.25, 0.3) is 0 Å². The van der Waals surface area contributed by atoms with Crippen LogP contribution >= 0.6 is 11.3 Å². The van der Waals surface area contributed by atoms with Crippen molar-refractivity contribution in [1.29, 1.82) is 0 Å². The summed E-state index contributed by atoms with van der Waals surface area (Å²) >= 11 is 1.60. The van der Waals surface area contributed by atoms with Gasteiger partial charge in [0.05, 0.1) is 18.4 Å². The Bertz CT molecular complexity index is 495. The fraction of sp³-hybridized carbons (Fsp3) is 0.500. The van der Waals surface area contributed by atoms with E-state index in [1.54, 1.807) is 24.6 Å². The van der Waals surface area contributed by atoms with Gasteiger partial charge >= 0.3 is 0 Å².